The molecule has 9 rings (SSSR count). The minimum atomic E-state index is -0.549. The van der Waals surface area contributed by atoms with Crippen LogP contribution in [0.15, 0.2) is 127 Å². The third-order valence-electron chi connectivity index (χ3n) is 9.81. The van der Waals surface area contributed by atoms with Crippen LogP contribution >= 0.6 is 11.6 Å². The van der Waals surface area contributed by atoms with Crippen molar-refractivity contribution in [3.63, 3.8) is 0 Å². The van der Waals surface area contributed by atoms with Gasteiger partial charge < -0.3 is 4.74 Å². The SMILES string of the molecule is CC1(C)c2ccccc2-c2c(-c3cc(Cl)cc4c3Oc3ccccc3C43c4ccccc4-c4ccccc43)cccc21. The molecule has 1 heterocycles. The van der Waals surface area contributed by atoms with Crippen LogP contribution in [-0.4, -0.2) is 0 Å². The molecule has 0 aromatic heterocycles. The normalized spacial score (nSPS) is 15.6. The first kappa shape index (κ1) is 24.1. The van der Waals surface area contributed by atoms with E-state index in [1.54, 1.807) is 0 Å². The Bertz CT molecular complexity index is 2070. The van der Waals surface area contributed by atoms with Crippen LogP contribution < -0.4 is 4.74 Å². The molecule has 0 bridgehead atoms. The molecule has 0 N–H and O–H groups in total. The molecule has 1 aliphatic heterocycles. The summed E-state index contributed by atoms with van der Waals surface area (Å²) in [6.07, 6.45) is 0. The fourth-order valence-electron chi connectivity index (χ4n) is 8.10. The van der Waals surface area contributed by atoms with Crippen LogP contribution in [0.4, 0.5) is 0 Å². The molecule has 1 spiro atoms. The fraction of sp³-hybridized carbons (Fsp3) is 0.100. The lowest BCUT2D eigenvalue weighted by Gasteiger charge is -2.40. The quantitative estimate of drug-likeness (QED) is 0.195. The Kier molecular flexibility index (Phi) is 4.72. The van der Waals surface area contributed by atoms with Gasteiger partial charge in [0.05, 0.1) is 5.41 Å². The lowest BCUT2D eigenvalue weighted by molar-refractivity contribution is 0.438. The van der Waals surface area contributed by atoms with Crippen molar-refractivity contribution >= 4 is 11.6 Å². The summed E-state index contributed by atoms with van der Waals surface area (Å²) in [5, 5.41) is 0.705. The van der Waals surface area contributed by atoms with E-state index in [1.807, 2.05) is 0 Å². The average Bonchev–Trinajstić information content (AvgIpc) is 3.45. The molecule has 2 aliphatic carbocycles. The van der Waals surface area contributed by atoms with Gasteiger partial charge in [-0.15, -0.1) is 0 Å². The predicted octanol–water partition coefficient (Wildman–Crippen LogP) is 10.8. The highest BCUT2D eigenvalue weighted by molar-refractivity contribution is 6.31. The van der Waals surface area contributed by atoms with E-state index in [-0.39, 0.29) is 5.41 Å². The van der Waals surface area contributed by atoms with E-state index < -0.39 is 5.41 Å². The monoisotopic (exact) mass is 558 g/mol. The first-order chi connectivity index (χ1) is 20.5. The second-order valence-electron chi connectivity index (χ2n) is 12.2. The smallest absolute Gasteiger partial charge is 0.140 e. The maximum Gasteiger partial charge on any atom is 0.140 e. The highest BCUT2D eigenvalue weighted by Crippen LogP contribution is 2.64. The van der Waals surface area contributed by atoms with Gasteiger partial charge in [-0.2, -0.15) is 0 Å². The first-order valence-electron chi connectivity index (χ1n) is 14.6. The van der Waals surface area contributed by atoms with Gasteiger partial charge in [0.1, 0.15) is 11.5 Å². The van der Waals surface area contributed by atoms with E-state index in [9.17, 15) is 0 Å². The zero-order valence-corrected chi connectivity index (χ0v) is 24.2. The summed E-state index contributed by atoms with van der Waals surface area (Å²) in [5.74, 6) is 1.76. The molecule has 42 heavy (non-hydrogen) atoms. The van der Waals surface area contributed by atoms with Crippen LogP contribution in [0.5, 0.6) is 11.5 Å². The molecule has 0 atom stereocenters. The summed E-state index contributed by atoms with van der Waals surface area (Å²) < 4.78 is 6.98. The molecule has 200 valence electrons. The molecule has 1 nitrogen and oxygen atoms in total. The van der Waals surface area contributed by atoms with Crippen LogP contribution in [0.3, 0.4) is 0 Å². The van der Waals surface area contributed by atoms with Gasteiger partial charge in [0.2, 0.25) is 0 Å². The molecule has 0 amide bonds. The number of fused-ring (bicyclic) bond motifs is 12. The van der Waals surface area contributed by atoms with Gasteiger partial charge in [0, 0.05) is 27.1 Å². The van der Waals surface area contributed by atoms with E-state index in [0.29, 0.717) is 5.02 Å². The van der Waals surface area contributed by atoms with Gasteiger partial charge in [-0.3, -0.25) is 0 Å². The third-order valence-corrected chi connectivity index (χ3v) is 10.0. The molecule has 0 saturated heterocycles. The molecular formula is C40H27ClO. The second kappa shape index (κ2) is 8.25. The van der Waals surface area contributed by atoms with Crippen molar-refractivity contribution in [2.24, 2.45) is 0 Å². The number of rotatable bonds is 1. The van der Waals surface area contributed by atoms with Gasteiger partial charge >= 0.3 is 0 Å². The molecule has 0 unspecified atom stereocenters. The standard InChI is InChI=1S/C40H27ClO/c1-39(2)30-16-6-5-14-28(30)37-27(15-11-20-34(37)39)29-22-24(41)23-35-38(29)42-36-21-10-9-19-33(36)40(35)31-17-7-3-12-25(31)26-13-4-8-18-32(26)40/h3-23H,1-2H3. The fourth-order valence-corrected chi connectivity index (χ4v) is 8.32. The lowest BCUT2D eigenvalue weighted by atomic mass is 9.65. The topological polar surface area (TPSA) is 9.23 Å². The maximum atomic E-state index is 7.13. The van der Waals surface area contributed by atoms with E-state index in [1.165, 1.54) is 44.5 Å². The maximum absolute atomic E-state index is 7.13. The zero-order valence-electron chi connectivity index (χ0n) is 23.4. The largest absolute Gasteiger partial charge is 0.456 e. The first-order valence-corrected chi connectivity index (χ1v) is 14.9. The Morgan fingerprint density at radius 2 is 1.02 bits per heavy atom. The highest BCUT2D eigenvalue weighted by atomic mass is 35.5. The van der Waals surface area contributed by atoms with Gasteiger partial charge in [-0.25, -0.2) is 0 Å². The van der Waals surface area contributed by atoms with Crippen LogP contribution in [-0.2, 0) is 10.8 Å². The van der Waals surface area contributed by atoms with E-state index in [4.69, 9.17) is 16.3 Å². The number of halogens is 1. The Labute approximate surface area is 251 Å². The number of para-hydroxylation sites is 1. The summed E-state index contributed by atoms with van der Waals surface area (Å²) in [4.78, 5) is 0. The van der Waals surface area contributed by atoms with Gasteiger partial charge in [0.25, 0.3) is 0 Å². The molecule has 3 aliphatic rings. The van der Waals surface area contributed by atoms with E-state index in [0.717, 1.165) is 33.8 Å². The summed E-state index contributed by atoms with van der Waals surface area (Å²) in [7, 11) is 0. The van der Waals surface area contributed by atoms with Crippen molar-refractivity contribution < 1.29 is 4.74 Å². The van der Waals surface area contributed by atoms with Gasteiger partial charge in [-0.1, -0.05) is 135 Å². The second-order valence-corrected chi connectivity index (χ2v) is 12.6. The highest BCUT2D eigenvalue weighted by Gasteiger charge is 2.51. The zero-order chi connectivity index (χ0) is 28.2. The van der Waals surface area contributed by atoms with Gasteiger partial charge in [0.15, 0.2) is 0 Å². The Morgan fingerprint density at radius 1 is 0.476 bits per heavy atom. The molecule has 0 saturated carbocycles. The van der Waals surface area contributed by atoms with Crippen molar-refractivity contribution in [1.82, 2.24) is 0 Å². The summed E-state index contributed by atoms with van der Waals surface area (Å²) >= 11 is 7.13. The minimum Gasteiger partial charge on any atom is -0.456 e. The van der Waals surface area contributed by atoms with Crippen molar-refractivity contribution in [3.8, 4) is 44.9 Å². The number of benzene rings is 6. The van der Waals surface area contributed by atoms with Crippen LogP contribution in [0.2, 0.25) is 5.02 Å². The summed E-state index contributed by atoms with van der Waals surface area (Å²) in [6, 6.07) is 45.9. The third kappa shape index (κ3) is 2.84. The van der Waals surface area contributed by atoms with Crippen LogP contribution in [0.1, 0.15) is 47.2 Å². The average molecular weight is 559 g/mol. The van der Waals surface area contributed by atoms with Crippen LogP contribution in [0, 0.1) is 0 Å². The molecule has 0 fully saturated rings. The predicted molar refractivity (Wildman–Crippen MR) is 172 cm³/mol. The minimum absolute atomic E-state index is 0.0986. The molecule has 0 radical (unpaired) electrons. The van der Waals surface area contributed by atoms with Crippen molar-refractivity contribution in [1.29, 1.82) is 0 Å². The van der Waals surface area contributed by atoms with Crippen molar-refractivity contribution in [3.05, 3.63) is 166 Å². The number of hydrogen-bond acceptors (Lipinski definition) is 1. The molecule has 6 aromatic rings. The van der Waals surface area contributed by atoms with Gasteiger partial charge in [-0.05, 0) is 68.3 Å². The summed E-state index contributed by atoms with van der Waals surface area (Å²) in [5.41, 5.74) is 14.0. The molecular weight excluding hydrogens is 532 g/mol. The van der Waals surface area contributed by atoms with Crippen LogP contribution in [0.25, 0.3) is 33.4 Å². The van der Waals surface area contributed by atoms with E-state index in [2.05, 4.69) is 141 Å². The summed E-state index contributed by atoms with van der Waals surface area (Å²) in [6.45, 7) is 4.64. The molecule has 2 heteroatoms. The number of hydrogen-bond donors (Lipinski definition) is 0. The Balaban J connectivity index is 1.43. The Hall–Kier alpha value is -4.59. The van der Waals surface area contributed by atoms with Crippen molar-refractivity contribution in [2.45, 2.75) is 24.7 Å². The van der Waals surface area contributed by atoms with E-state index >= 15 is 0 Å². The van der Waals surface area contributed by atoms with Crippen molar-refractivity contribution in [2.75, 3.05) is 0 Å². The lowest BCUT2D eigenvalue weighted by Crippen LogP contribution is -2.32. The Morgan fingerprint density at radius 3 is 1.74 bits per heavy atom. The number of ether oxygens (including phenoxy) is 1. The molecule has 6 aromatic carbocycles.